The van der Waals surface area contributed by atoms with Crippen LogP contribution in [0.5, 0.6) is 0 Å². The number of hydrogen-bond acceptors (Lipinski definition) is 4. The van der Waals surface area contributed by atoms with E-state index in [9.17, 15) is 27.2 Å². The monoisotopic (exact) mass is 463 g/mol. The van der Waals surface area contributed by atoms with Crippen LogP contribution in [-0.4, -0.2) is 43.2 Å². The lowest BCUT2D eigenvalue weighted by molar-refractivity contribution is -0.141. The van der Waals surface area contributed by atoms with Gasteiger partial charge in [-0.1, -0.05) is 12.1 Å². The van der Waals surface area contributed by atoms with E-state index in [0.717, 1.165) is 29.7 Å². The van der Waals surface area contributed by atoms with Crippen molar-refractivity contribution in [3.63, 3.8) is 0 Å². The number of rotatable bonds is 3. The van der Waals surface area contributed by atoms with Crippen LogP contribution in [0.3, 0.4) is 0 Å². The van der Waals surface area contributed by atoms with E-state index in [4.69, 9.17) is 0 Å². The van der Waals surface area contributed by atoms with Crippen molar-refractivity contribution in [2.24, 2.45) is 0 Å². The lowest BCUT2D eigenvalue weighted by Crippen LogP contribution is -2.41. The van der Waals surface area contributed by atoms with Gasteiger partial charge < -0.3 is 4.90 Å². The molecule has 1 atom stereocenters. The smallest absolute Gasteiger partial charge is 0.341 e. The summed E-state index contributed by atoms with van der Waals surface area (Å²) in [6.07, 6.45) is -1.25. The largest absolute Gasteiger partial charge is 0.433 e. The van der Waals surface area contributed by atoms with Crippen LogP contribution in [0.1, 0.15) is 48.8 Å². The Morgan fingerprint density at radius 3 is 2.64 bits per heavy atom. The minimum atomic E-state index is -4.78. The average molecular weight is 463 g/mol. The number of alkyl halides is 3. The Bertz CT molecular complexity index is 1290. The zero-order chi connectivity index (χ0) is 23.3. The molecule has 11 heteroatoms. The first kappa shape index (κ1) is 21.6. The number of para-hydroxylation sites is 1. The minimum Gasteiger partial charge on any atom is -0.341 e. The van der Waals surface area contributed by atoms with Crippen molar-refractivity contribution in [3.8, 4) is 0 Å². The van der Waals surface area contributed by atoms with Gasteiger partial charge in [0.25, 0.3) is 0 Å². The van der Waals surface area contributed by atoms with Crippen molar-refractivity contribution in [2.75, 3.05) is 13.1 Å². The third kappa shape index (κ3) is 3.79. The van der Waals surface area contributed by atoms with Crippen LogP contribution < -0.4 is 5.69 Å². The quantitative estimate of drug-likeness (QED) is 0.559. The number of amides is 1. The molecular weight excluding hydrogens is 442 g/mol. The highest BCUT2D eigenvalue weighted by Crippen LogP contribution is 2.32. The van der Waals surface area contributed by atoms with Gasteiger partial charge in [-0.05, 0) is 43.4 Å². The summed E-state index contributed by atoms with van der Waals surface area (Å²) in [5, 5.41) is 4.50. The molecule has 4 heterocycles. The SMILES string of the molecule is O=C([C@@H]1CCCc2nn(Cc3cc(C(F)(F)F)nc4c(F)cccc34)c(=O)n21)N1CCCC1. The number of aryl methyl sites for hydroxylation is 1. The number of fused-ring (bicyclic) bond motifs is 2. The molecule has 5 rings (SSSR count). The van der Waals surface area contributed by atoms with Crippen LogP contribution in [-0.2, 0) is 23.9 Å². The van der Waals surface area contributed by atoms with Crippen LogP contribution in [0.4, 0.5) is 17.6 Å². The lowest BCUT2D eigenvalue weighted by Gasteiger charge is -2.27. The number of hydrogen-bond donors (Lipinski definition) is 0. The zero-order valence-electron chi connectivity index (χ0n) is 17.6. The molecule has 0 radical (unpaired) electrons. The Hall–Kier alpha value is -3.24. The molecule has 1 amide bonds. The van der Waals surface area contributed by atoms with Crippen molar-refractivity contribution >= 4 is 16.8 Å². The number of aromatic nitrogens is 4. The second kappa shape index (κ2) is 7.96. The summed E-state index contributed by atoms with van der Waals surface area (Å²) in [4.78, 5) is 31.4. The van der Waals surface area contributed by atoms with E-state index in [-0.39, 0.29) is 23.4 Å². The van der Waals surface area contributed by atoms with Gasteiger partial charge in [0.2, 0.25) is 5.91 Å². The molecule has 1 fully saturated rings. The minimum absolute atomic E-state index is 0.0757. The van der Waals surface area contributed by atoms with Crippen molar-refractivity contribution in [1.82, 2.24) is 24.2 Å². The van der Waals surface area contributed by atoms with Gasteiger partial charge in [-0.25, -0.2) is 18.9 Å². The first-order valence-electron chi connectivity index (χ1n) is 10.9. The predicted octanol–water partition coefficient (Wildman–Crippen LogP) is 3.30. The summed E-state index contributed by atoms with van der Waals surface area (Å²) in [6, 6.07) is 4.03. The van der Waals surface area contributed by atoms with Gasteiger partial charge in [0.1, 0.15) is 28.9 Å². The van der Waals surface area contributed by atoms with Gasteiger partial charge >= 0.3 is 11.9 Å². The van der Waals surface area contributed by atoms with Crippen molar-refractivity contribution in [1.29, 1.82) is 0 Å². The third-order valence-corrected chi connectivity index (χ3v) is 6.32. The van der Waals surface area contributed by atoms with Crippen molar-refractivity contribution in [3.05, 3.63) is 57.6 Å². The van der Waals surface area contributed by atoms with Gasteiger partial charge in [0.15, 0.2) is 0 Å². The number of halogens is 4. The standard InChI is InChI=1S/C22H21F4N5O2/c23-15-6-3-5-14-13(11-17(22(24,25)26)27-19(14)15)12-30-21(33)31-16(7-4-8-18(31)28-30)20(32)29-9-1-2-10-29/h3,5-6,11,16H,1-2,4,7-10,12H2/t16-/m0/s1. The molecule has 0 bridgehead atoms. The average Bonchev–Trinajstić information content (AvgIpc) is 3.42. The summed E-state index contributed by atoms with van der Waals surface area (Å²) in [7, 11) is 0. The Labute approximate surface area is 185 Å². The Morgan fingerprint density at radius 2 is 1.91 bits per heavy atom. The number of carbonyl (C=O) groups excluding carboxylic acids is 1. The summed E-state index contributed by atoms with van der Waals surface area (Å²) < 4.78 is 56.9. The number of nitrogens with zero attached hydrogens (tertiary/aromatic N) is 5. The summed E-state index contributed by atoms with van der Waals surface area (Å²) >= 11 is 0. The van der Waals surface area contributed by atoms with Crippen LogP contribution in [0.25, 0.3) is 10.9 Å². The van der Waals surface area contributed by atoms with Gasteiger partial charge in [0, 0.05) is 24.9 Å². The molecule has 0 spiro atoms. The second-order valence-corrected chi connectivity index (χ2v) is 8.47. The van der Waals surface area contributed by atoms with Crippen LogP contribution in [0, 0.1) is 5.82 Å². The summed E-state index contributed by atoms with van der Waals surface area (Å²) in [5.41, 5.74) is -2.14. The molecular formula is C22H21F4N5O2. The fourth-order valence-corrected chi connectivity index (χ4v) is 4.74. The molecule has 0 aliphatic carbocycles. The van der Waals surface area contributed by atoms with Gasteiger partial charge in [-0.3, -0.25) is 9.36 Å². The fraction of sp³-hybridized carbons (Fsp3) is 0.455. The molecule has 1 aromatic carbocycles. The van der Waals surface area contributed by atoms with Crippen LogP contribution >= 0.6 is 0 Å². The third-order valence-electron chi connectivity index (χ3n) is 6.32. The predicted molar refractivity (Wildman–Crippen MR) is 110 cm³/mol. The summed E-state index contributed by atoms with van der Waals surface area (Å²) in [6.45, 7) is 1.01. The molecule has 2 aliphatic heterocycles. The molecule has 3 aromatic rings. The number of benzene rings is 1. The Kier molecular flexibility index (Phi) is 5.21. The topological polar surface area (TPSA) is 73.0 Å². The molecule has 0 unspecified atom stereocenters. The van der Waals surface area contributed by atoms with E-state index in [1.54, 1.807) is 4.90 Å². The van der Waals surface area contributed by atoms with Crippen LogP contribution in [0.15, 0.2) is 29.1 Å². The number of likely N-dealkylation sites (tertiary alicyclic amines) is 1. The molecule has 0 saturated carbocycles. The molecule has 1 saturated heterocycles. The molecule has 2 aliphatic rings. The zero-order valence-corrected chi connectivity index (χ0v) is 17.6. The molecule has 0 N–H and O–H groups in total. The molecule has 7 nitrogen and oxygen atoms in total. The maximum Gasteiger partial charge on any atom is 0.433 e. The normalized spacial score (nSPS) is 18.7. The van der Waals surface area contributed by atoms with E-state index in [1.807, 2.05) is 0 Å². The van der Waals surface area contributed by atoms with E-state index in [0.29, 0.717) is 38.2 Å². The molecule has 174 valence electrons. The first-order chi connectivity index (χ1) is 15.7. The van der Waals surface area contributed by atoms with Crippen molar-refractivity contribution < 1.29 is 22.4 Å². The van der Waals surface area contributed by atoms with E-state index < -0.39 is 34.9 Å². The van der Waals surface area contributed by atoms with Gasteiger partial charge in [0.05, 0.1) is 6.54 Å². The maximum absolute atomic E-state index is 14.3. The van der Waals surface area contributed by atoms with Crippen molar-refractivity contribution in [2.45, 2.75) is 50.9 Å². The fourth-order valence-electron chi connectivity index (χ4n) is 4.74. The van der Waals surface area contributed by atoms with E-state index >= 15 is 0 Å². The summed E-state index contributed by atoms with van der Waals surface area (Å²) in [5.74, 6) is -0.567. The maximum atomic E-state index is 14.3. The van der Waals surface area contributed by atoms with Gasteiger partial charge in [-0.2, -0.15) is 18.3 Å². The lowest BCUT2D eigenvalue weighted by atomic mass is 10.0. The number of carbonyl (C=O) groups is 1. The number of pyridine rings is 1. The highest BCUT2D eigenvalue weighted by molar-refractivity contribution is 5.83. The highest BCUT2D eigenvalue weighted by Gasteiger charge is 2.35. The Balaban J connectivity index is 1.57. The van der Waals surface area contributed by atoms with E-state index in [2.05, 4.69) is 10.1 Å². The first-order valence-corrected chi connectivity index (χ1v) is 10.9. The molecule has 33 heavy (non-hydrogen) atoms. The van der Waals surface area contributed by atoms with Crippen LogP contribution in [0.2, 0.25) is 0 Å². The Morgan fingerprint density at radius 1 is 1.15 bits per heavy atom. The van der Waals surface area contributed by atoms with E-state index in [1.165, 1.54) is 16.7 Å². The highest BCUT2D eigenvalue weighted by atomic mass is 19.4. The molecule has 2 aromatic heterocycles. The second-order valence-electron chi connectivity index (χ2n) is 8.47. The van der Waals surface area contributed by atoms with Gasteiger partial charge in [-0.15, -0.1) is 0 Å².